The summed E-state index contributed by atoms with van der Waals surface area (Å²) in [4.78, 5) is 15.0. The van der Waals surface area contributed by atoms with Gasteiger partial charge in [-0.05, 0) is 19.1 Å². The molecule has 1 aliphatic heterocycles. The van der Waals surface area contributed by atoms with Gasteiger partial charge in [0.15, 0.2) is 11.5 Å². The zero-order chi connectivity index (χ0) is 21.9. The zero-order valence-corrected chi connectivity index (χ0v) is 18.7. The van der Waals surface area contributed by atoms with E-state index in [0.717, 1.165) is 5.56 Å². The lowest BCUT2D eigenvalue weighted by Crippen LogP contribution is -2.32. The largest absolute Gasteiger partial charge is 0.486 e. The highest BCUT2D eigenvalue weighted by atomic mass is 32.2. The van der Waals surface area contributed by atoms with Crippen molar-refractivity contribution in [1.82, 2.24) is 13.8 Å². The second-order valence-corrected chi connectivity index (χ2v) is 8.96. The third kappa shape index (κ3) is 4.17. The van der Waals surface area contributed by atoms with Gasteiger partial charge in [-0.2, -0.15) is 4.31 Å². The van der Waals surface area contributed by atoms with Crippen molar-refractivity contribution >= 4 is 15.9 Å². The highest BCUT2D eigenvalue weighted by molar-refractivity contribution is 7.89. The van der Waals surface area contributed by atoms with Crippen LogP contribution in [0, 0.1) is 0 Å². The monoisotopic (exact) mass is 435 g/mol. The molecule has 0 fully saturated rings. The number of fused-ring (bicyclic) bond motifs is 1. The van der Waals surface area contributed by atoms with Crippen LogP contribution in [0.4, 0.5) is 0 Å². The molecule has 1 aliphatic rings. The number of carbonyl (C=O) groups is 1. The first kappa shape index (κ1) is 22.2. The second-order valence-electron chi connectivity index (χ2n) is 7.02. The average Bonchev–Trinajstić information content (AvgIpc) is 3.14. The molecule has 30 heavy (non-hydrogen) atoms. The standard InChI is InChI=1S/C21H29N3O5S/c1-5-23(14-16-9-8-10-19-20(16)29-12-11-28-19)21(25)18-13-17(15-22(18)4)30(26,27)24(6-2)7-3/h8-10,13,15H,5-7,11-12,14H2,1-4H3. The SMILES string of the molecule is CCN(Cc1cccc2c1OCCO2)C(=O)c1cc(S(=O)(=O)N(CC)CC)cn1C. The molecule has 1 aromatic carbocycles. The van der Waals surface area contributed by atoms with Gasteiger partial charge in [-0.1, -0.05) is 26.0 Å². The van der Waals surface area contributed by atoms with E-state index in [9.17, 15) is 13.2 Å². The number of rotatable bonds is 8. The van der Waals surface area contributed by atoms with Gasteiger partial charge < -0.3 is 18.9 Å². The highest BCUT2D eigenvalue weighted by Gasteiger charge is 2.27. The number of carbonyl (C=O) groups excluding carboxylic acids is 1. The van der Waals surface area contributed by atoms with Gasteiger partial charge in [-0.15, -0.1) is 0 Å². The minimum Gasteiger partial charge on any atom is -0.486 e. The zero-order valence-electron chi connectivity index (χ0n) is 17.9. The maximum Gasteiger partial charge on any atom is 0.270 e. The minimum atomic E-state index is -3.63. The van der Waals surface area contributed by atoms with Crippen LogP contribution < -0.4 is 9.47 Å². The Morgan fingerprint density at radius 3 is 2.47 bits per heavy atom. The molecule has 0 bridgehead atoms. The number of nitrogens with zero attached hydrogens (tertiary/aromatic N) is 3. The van der Waals surface area contributed by atoms with Gasteiger partial charge >= 0.3 is 0 Å². The Hall–Kier alpha value is -2.52. The highest BCUT2D eigenvalue weighted by Crippen LogP contribution is 2.34. The molecule has 0 spiro atoms. The van der Waals surface area contributed by atoms with Gasteiger partial charge in [0.2, 0.25) is 10.0 Å². The van der Waals surface area contributed by atoms with Crippen molar-refractivity contribution in [2.75, 3.05) is 32.8 Å². The van der Waals surface area contributed by atoms with E-state index in [1.54, 1.807) is 30.4 Å². The van der Waals surface area contributed by atoms with Gasteiger partial charge in [-0.3, -0.25) is 4.79 Å². The summed E-state index contributed by atoms with van der Waals surface area (Å²) in [6.07, 6.45) is 1.50. The van der Waals surface area contributed by atoms with Crippen LogP contribution in [0.25, 0.3) is 0 Å². The van der Waals surface area contributed by atoms with Crippen LogP contribution >= 0.6 is 0 Å². The van der Waals surface area contributed by atoms with Crippen molar-refractivity contribution in [3.05, 3.63) is 41.7 Å². The number of ether oxygens (including phenoxy) is 2. The lowest BCUT2D eigenvalue weighted by Gasteiger charge is -2.25. The topological polar surface area (TPSA) is 81.1 Å². The molecule has 1 aromatic heterocycles. The molecule has 3 rings (SSSR count). The second kappa shape index (κ2) is 9.09. The molecular formula is C21H29N3O5S. The van der Waals surface area contributed by atoms with Gasteiger partial charge in [0.1, 0.15) is 23.8 Å². The summed E-state index contributed by atoms with van der Waals surface area (Å²) in [7, 11) is -1.95. The number of benzene rings is 1. The summed E-state index contributed by atoms with van der Waals surface area (Å²) in [6, 6.07) is 7.08. The van der Waals surface area contributed by atoms with Crippen LogP contribution in [0.5, 0.6) is 11.5 Å². The lowest BCUT2D eigenvalue weighted by molar-refractivity contribution is 0.0739. The molecule has 164 valence electrons. The Morgan fingerprint density at radius 1 is 1.10 bits per heavy atom. The summed E-state index contributed by atoms with van der Waals surface area (Å²) in [6.45, 7) is 7.99. The summed E-state index contributed by atoms with van der Waals surface area (Å²) in [5.41, 5.74) is 1.18. The number of aromatic nitrogens is 1. The van der Waals surface area contributed by atoms with Crippen molar-refractivity contribution in [1.29, 1.82) is 0 Å². The summed E-state index contributed by atoms with van der Waals surface area (Å²) < 4.78 is 40.0. The van der Waals surface area contributed by atoms with Crippen LogP contribution in [-0.2, 0) is 23.6 Å². The smallest absolute Gasteiger partial charge is 0.270 e. The van der Waals surface area contributed by atoms with Gasteiger partial charge in [-0.25, -0.2) is 8.42 Å². The molecule has 0 unspecified atom stereocenters. The molecule has 0 saturated carbocycles. The molecule has 0 atom stereocenters. The van der Waals surface area contributed by atoms with E-state index >= 15 is 0 Å². The minimum absolute atomic E-state index is 0.127. The maximum absolute atomic E-state index is 13.2. The van der Waals surface area contributed by atoms with Crippen LogP contribution in [0.2, 0.25) is 0 Å². The van der Waals surface area contributed by atoms with E-state index in [1.165, 1.54) is 16.6 Å². The van der Waals surface area contributed by atoms with Crippen LogP contribution in [-0.4, -0.2) is 60.9 Å². The molecule has 0 saturated heterocycles. The lowest BCUT2D eigenvalue weighted by atomic mass is 10.1. The number of sulfonamides is 1. The fourth-order valence-electron chi connectivity index (χ4n) is 3.55. The maximum atomic E-state index is 13.2. The average molecular weight is 436 g/mol. The van der Waals surface area contributed by atoms with Crippen molar-refractivity contribution in [2.24, 2.45) is 7.05 Å². The number of para-hydroxylation sites is 1. The molecule has 9 heteroatoms. The Labute approximate surface area is 178 Å². The first-order chi connectivity index (χ1) is 14.3. The Balaban J connectivity index is 1.88. The van der Waals surface area contributed by atoms with Crippen molar-refractivity contribution in [3.8, 4) is 11.5 Å². The predicted molar refractivity (Wildman–Crippen MR) is 113 cm³/mol. The Kier molecular flexibility index (Phi) is 6.72. The van der Waals surface area contributed by atoms with Crippen molar-refractivity contribution in [3.63, 3.8) is 0 Å². The number of hydrogen-bond acceptors (Lipinski definition) is 5. The van der Waals surface area contributed by atoms with Gasteiger partial charge in [0.25, 0.3) is 5.91 Å². The third-order valence-corrected chi connectivity index (χ3v) is 7.24. The first-order valence-corrected chi connectivity index (χ1v) is 11.6. The van der Waals surface area contributed by atoms with Crippen LogP contribution in [0.1, 0.15) is 36.8 Å². The molecule has 0 N–H and O–H groups in total. The van der Waals surface area contributed by atoms with E-state index in [0.29, 0.717) is 56.6 Å². The molecule has 2 heterocycles. The Bertz CT molecular complexity index is 1010. The third-order valence-electron chi connectivity index (χ3n) is 5.22. The number of hydrogen-bond donors (Lipinski definition) is 0. The first-order valence-electron chi connectivity index (χ1n) is 10.2. The van der Waals surface area contributed by atoms with E-state index in [1.807, 2.05) is 25.1 Å². The van der Waals surface area contributed by atoms with E-state index < -0.39 is 10.0 Å². The molecule has 1 amide bonds. The Morgan fingerprint density at radius 2 is 1.80 bits per heavy atom. The van der Waals surface area contributed by atoms with E-state index in [-0.39, 0.29) is 10.8 Å². The fraction of sp³-hybridized carbons (Fsp3) is 0.476. The van der Waals surface area contributed by atoms with Crippen LogP contribution in [0.3, 0.4) is 0 Å². The van der Waals surface area contributed by atoms with Crippen LogP contribution in [0.15, 0.2) is 35.4 Å². The summed E-state index contributed by atoms with van der Waals surface area (Å²) in [5, 5.41) is 0. The molecular weight excluding hydrogens is 406 g/mol. The van der Waals surface area contributed by atoms with E-state index in [4.69, 9.17) is 9.47 Å². The van der Waals surface area contributed by atoms with Gasteiger partial charge in [0.05, 0.1) is 0 Å². The number of aryl methyl sites for hydroxylation is 1. The predicted octanol–water partition coefficient (Wildman–Crippen LogP) is 2.49. The molecule has 8 nitrogen and oxygen atoms in total. The normalized spacial score (nSPS) is 13.5. The fourth-order valence-corrected chi connectivity index (χ4v) is 5.08. The van der Waals surface area contributed by atoms with Gasteiger partial charge in [0, 0.05) is 45.0 Å². The quantitative estimate of drug-likeness (QED) is 0.636. The van der Waals surface area contributed by atoms with E-state index in [2.05, 4.69) is 0 Å². The van der Waals surface area contributed by atoms with Crippen molar-refractivity contribution < 1.29 is 22.7 Å². The summed E-state index contributed by atoms with van der Waals surface area (Å²) in [5.74, 6) is 1.09. The molecule has 0 radical (unpaired) electrons. The molecule has 0 aliphatic carbocycles. The van der Waals surface area contributed by atoms with Crippen molar-refractivity contribution in [2.45, 2.75) is 32.2 Å². The number of amides is 1. The molecule has 2 aromatic rings. The summed E-state index contributed by atoms with van der Waals surface area (Å²) >= 11 is 0.